The second kappa shape index (κ2) is 8.38. The van der Waals surface area contributed by atoms with Crippen molar-refractivity contribution in [3.63, 3.8) is 0 Å². The van der Waals surface area contributed by atoms with Crippen molar-refractivity contribution in [2.45, 2.75) is 26.4 Å². The van der Waals surface area contributed by atoms with Gasteiger partial charge < -0.3 is 19.7 Å². The predicted octanol–water partition coefficient (Wildman–Crippen LogP) is 2.47. The van der Waals surface area contributed by atoms with Gasteiger partial charge in [-0.15, -0.1) is 0 Å². The molecule has 0 aromatic heterocycles. The van der Waals surface area contributed by atoms with Crippen molar-refractivity contribution in [3.05, 3.63) is 59.7 Å². The van der Waals surface area contributed by atoms with Gasteiger partial charge in [0.25, 0.3) is 0 Å². The van der Waals surface area contributed by atoms with Crippen LogP contribution in [0.4, 0.5) is 0 Å². The van der Waals surface area contributed by atoms with Gasteiger partial charge in [0.1, 0.15) is 0 Å². The zero-order valence-corrected chi connectivity index (χ0v) is 14.7. The van der Waals surface area contributed by atoms with Crippen LogP contribution in [-0.4, -0.2) is 30.1 Å². The standard InChI is InChI=1S/C20H22N2O4/c1-15(23)22(13-17-7-8-18-19(11-17)26-14-25-18)10-9-20(24)21-12-16-5-3-2-4-6-16/h2-8,11H,9-10,12-14H2,1H3,(H,21,24). The van der Waals surface area contributed by atoms with Crippen molar-refractivity contribution in [1.29, 1.82) is 0 Å². The Morgan fingerprint density at radius 1 is 1.04 bits per heavy atom. The van der Waals surface area contributed by atoms with Gasteiger partial charge in [-0.3, -0.25) is 9.59 Å². The number of carbonyl (C=O) groups is 2. The molecule has 1 N–H and O–H groups in total. The molecule has 2 aromatic rings. The molecule has 0 fully saturated rings. The van der Waals surface area contributed by atoms with Gasteiger partial charge in [0.05, 0.1) is 0 Å². The number of carbonyl (C=O) groups excluding carboxylic acids is 2. The summed E-state index contributed by atoms with van der Waals surface area (Å²) in [7, 11) is 0. The summed E-state index contributed by atoms with van der Waals surface area (Å²) in [5.41, 5.74) is 1.98. The number of hydrogen-bond acceptors (Lipinski definition) is 4. The lowest BCUT2D eigenvalue weighted by Gasteiger charge is -2.21. The van der Waals surface area contributed by atoms with Gasteiger partial charge in [0, 0.05) is 33.0 Å². The first-order chi connectivity index (χ1) is 12.6. The van der Waals surface area contributed by atoms with Gasteiger partial charge >= 0.3 is 0 Å². The quantitative estimate of drug-likeness (QED) is 0.829. The number of benzene rings is 2. The van der Waals surface area contributed by atoms with E-state index in [1.807, 2.05) is 48.5 Å². The average Bonchev–Trinajstić information content (AvgIpc) is 3.11. The fraction of sp³-hybridized carbons (Fsp3) is 0.300. The summed E-state index contributed by atoms with van der Waals surface area (Å²) in [6, 6.07) is 15.3. The molecule has 1 aliphatic rings. The molecule has 0 saturated carbocycles. The lowest BCUT2D eigenvalue weighted by molar-refractivity contribution is -0.130. The summed E-state index contributed by atoms with van der Waals surface area (Å²) >= 11 is 0. The molecular formula is C20H22N2O4. The van der Waals surface area contributed by atoms with Crippen LogP contribution in [0.3, 0.4) is 0 Å². The highest BCUT2D eigenvalue weighted by Gasteiger charge is 2.16. The Hall–Kier alpha value is -3.02. The summed E-state index contributed by atoms with van der Waals surface area (Å²) < 4.78 is 10.7. The van der Waals surface area contributed by atoms with Crippen LogP contribution in [0.1, 0.15) is 24.5 Å². The number of rotatable bonds is 7. The Morgan fingerprint density at radius 2 is 1.81 bits per heavy atom. The highest BCUT2D eigenvalue weighted by molar-refractivity contribution is 5.78. The smallest absolute Gasteiger partial charge is 0.231 e. The van der Waals surface area contributed by atoms with E-state index in [0.717, 1.165) is 11.1 Å². The molecule has 0 atom stereocenters. The largest absolute Gasteiger partial charge is 0.454 e. The van der Waals surface area contributed by atoms with Gasteiger partial charge in [0.2, 0.25) is 18.6 Å². The van der Waals surface area contributed by atoms with Gasteiger partial charge in [-0.2, -0.15) is 0 Å². The second-order valence-corrected chi connectivity index (χ2v) is 6.14. The van der Waals surface area contributed by atoms with E-state index in [0.29, 0.717) is 31.1 Å². The van der Waals surface area contributed by atoms with Crippen LogP contribution in [0.5, 0.6) is 11.5 Å². The number of hydrogen-bond donors (Lipinski definition) is 1. The van der Waals surface area contributed by atoms with E-state index < -0.39 is 0 Å². The van der Waals surface area contributed by atoms with E-state index in [1.165, 1.54) is 6.92 Å². The van der Waals surface area contributed by atoms with Crippen molar-refractivity contribution in [2.24, 2.45) is 0 Å². The third-order valence-corrected chi connectivity index (χ3v) is 4.20. The highest BCUT2D eigenvalue weighted by atomic mass is 16.7. The lowest BCUT2D eigenvalue weighted by atomic mass is 10.2. The molecule has 6 heteroatoms. The Bertz CT molecular complexity index is 777. The molecule has 2 amide bonds. The van der Waals surface area contributed by atoms with Crippen LogP contribution in [-0.2, 0) is 22.7 Å². The third kappa shape index (κ3) is 4.75. The molecule has 2 aromatic carbocycles. The maximum absolute atomic E-state index is 12.1. The monoisotopic (exact) mass is 354 g/mol. The first-order valence-corrected chi connectivity index (χ1v) is 8.56. The molecule has 0 unspecified atom stereocenters. The number of ether oxygens (including phenoxy) is 2. The Morgan fingerprint density at radius 3 is 2.58 bits per heavy atom. The molecular weight excluding hydrogens is 332 g/mol. The molecule has 0 saturated heterocycles. The molecule has 1 heterocycles. The fourth-order valence-electron chi connectivity index (χ4n) is 2.73. The van der Waals surface area contributed by atoms with Crippen LogP contribution >= 0.6 is 0 Å². The van der Waals surface area contributed by atoms with Crippen LogP contribution in [0, 0.1) is 0 Å². The fourth-order valence-corrected chi connectivity index (χ4v) is 2.73. The molecule has 136 valence electrons. The molecule has 0 spiro atoms. The number of amides is 2. The molecule has 0 radical (unpaired) electrons. The molecule has 6 nitrogen and oxygen atoms in total. The predicted molar refractivity (Wildman–Crippen MR) is 96.6 cm³/mol. The maximum atomic E-state index is 12.1. The van der Waals surface area contributed by atoms with E-state index >= 15 is 0 Å². The lowest BCUT2D eigenvalue weighted by Crippen LogP contribution is -2.33. The first kappa shape index (κ1) is 17.8. The van der Waals surface area contributed by atoms with Crippen LogP contribution in [0.25, 0.3) is 0 Å². The Kier molecular flexibility index (Phi) is 5.73. The Balaban J connectivity index is 1.50. The van der Waals surface area contributed by atoms with Crippen molar-refractivity contribution in [3.8, 4) is 11.5 Å². The Labute approximate surface area is 152 Å². The minimum absolute atomic E-state index is 0.0708. The summed E-state index contributed by atoms with van der Waals surface area (Å²) in [6.07, 6.45) is 0.261. The van der Waals surface area contributed by atoms with Crippen molar-refractivity contribution in [1.82, 2.24) is 10.2 Å². The minimum Gasteiger partial charge on any atom is -0.454 e. The number of fused-ring (bicyclic) bond motifs is 1. The van der Waals surface area contributed by atoms with Gasteiger partial charge in [0.15, 0.2) is 11.5 Å². The van der Waals surface area contributed by atoms with Gasteiger partial charge in [-0.05, 0) is 23.3 Å². The summed E-state index contributed by atoms with van der Waals surface area (Å²) in [5, 5.41) is 2.88. The maximum Gasteiger partial charge on any atom is 0.231 e. The molecule has 0 bridgehead atoms. The first-order valence-electron chi connectivity index (χ1n) is 8.56. The third-order valence-electron chi connectivity index (χ3n) is 4.20. The topological polar surface area (TPSA) is 67.9 Å². The van der Waals surface area contributed by atoms with Gasteiger partial charge in [-0.1, -0.05) is 36.4 Å². The number of nitrogens with one attached hydrogen (secondary N) is 1. The zero-order chi connectivity index (χ0) is 18.4. The number of nitrogens with zero attached hydrogens (tertiary/aromatic N) is 1. The van der Waals surface area contributed by atoms with Gasteiger partial charge in [-0.25, -0.2) is 0 Å². The molecule has 0 aliphatic carbocycles. The highest BCUT2D eigenvalue weighted by Crippen LogP contribution is 2.32. The van der Waals surface area contributed by atoms with Crippen LogP contribution in [0.2, 0.25) is 0 Å². The summed E-state index contributed by atoms with van der Waals surface area (Å²) in [5.74, 6) is 1.25. The molecule has 26 heavy (non-hydrogen) atoms. The van der Waals surface area contributed by atoms with E-state index in [1.54, 1.807) is 4.90 Å². The van der Waals surface area contributed by atoms with Crippen molar-refractivity contribution >= 4 is 11.8 Å². The van der Waals surface area contributed by atoms with Crippen molar-refractivity contribution < 1.29 is 19.1 Å². The van der Waals surface area contributed by atoms with Crippen LogP contribution < -0.4 is 14.8 Å². The second-order valence-electron chi connectivity index (χ2n) is 6.14. The van der Waals surface area contributed by atoms with E-state index in [9.17, 15) is 9.59 Å². The van der Waals surface area contributed by atoms with E-state index in [4.69, 9.17) is 9.47 Å². The summed E-state index contributed by atoms with van der Waals surface area (Å²) in [4.78, 5) is 25.6. The van der Waals surface area contributed by atoms with E-state index in [2.05, 4.69) is 5.32 Å². The van der Waals surface area contributed by atoms with Crippen molar-refractivity contribution in [2.75, 3.05) is 13.3 Å². The molecule has 1 aliphatic heterocycles. The molecule has 3 rings (SSSR count). The minimum atomic E-state index is -0.0780. The normalized spacial score (nSPS) is 11.9. The zero-order valence-electron chi connectivity index (χ0n) is 14.7. The van der Waals surface area contributed by atoms with E-state index in [-0.39, 0.29) is 25.0 Å². The SMILES string of the molecule is CC(=O)N(CCC(=O)NCc1ccccc1)Cc1ccc2c(c1)OCO2. The van der Waals surface area contributed by atoms with Crippen LogP contribution in [0.15, 0.2) is 48.5 Å². The summed E-state index contributed by atoms with van der Waals surface area (Å²) in [6.45, 7) is 3.01. The average molecular weight is 354 g/mol.